The Balaban J connectivity index is 2.41. The van der Waals surface area contributed by atoms with Crippen LogP contribution in [0.25, 0.3) is 11.3 Å². The summed E-state index contributed by atoms with van der Waals surface area (Å²) < 4.78 is 5.64. The van der Waals surface area contributed by atoms with E-state index >= 15 is 0 Å². The average molecular weight is 202 g/mol. The summed E-state index contributed by atoms with van der Waals surface area (Å²) in [5, 5.41) is 3.01. The van der Waals surface area contributed by atoms with Crippen molar-refractivity contribution in [2.75, 3.05) is 18.1 Å². The van der Waals surface area contributed by atoms with Gasteiger partial charge in [0.1, 0.15) is 5.76 Å². The van der Waals surface area contributed by atoms with Crippen molar-refractivity contribution < 1.29 is 4.42 Å². The molecule has 0 radical (unpaired) electrons. The molecule has 78 valence electrons. The van der Waals surface area contributed by atoms with Gasteiger partial charge >= 0.3 is 0 Å². The summed E-state index contributed by atoms with van der Waals surface area (Å²) in [4.78, 5) is 0. The number of nitrogen functional groups attached to an aromatic ring is 1. The molecule has 2 aromatic rings. The molecule has 0 aliphatic carbocycles. The van der Waals surface area contributed by atoms with Gasteiger partial charge in [0, 0.05) is 23.9 Å². The Morgan fingerprint density at radius 2 is 1.87 bits per heavy atom. The Labute approximate surface area is 88.9 Å². The Bertz CT molecular complexity index is 457. The molecule has 0 spiro atoms. The topological polar surface area (TPSA) is 51.2 Å². The molecule has 1 heterocycles. The van der Waals surface area contributed by atoms with Crippen LogP contribution in [-0.4, -0.2) is 7.05 Å². The number of hydrogen-bond acceptors (Lipinski definition) is 3. The highest BCUT2D eigenvalue weighted by Gasteiger charge is 2.07. The fourth-order valence-electron chi connectivity index (χ4n) is 1.52. The van der Waals surface area contributed by atoms with Gasteiger partial charge in [0.2, 0.25) is 0 Å². The number of hydrogen-bond donors (Lipinski definition) is 2. The van der Waals surface area contributed by atoms with E-state index in [0.717, 1.165) is 28.5 Å². The maximum absolute atomic E-state index is 5.64. The number of furan rings is 1. The van der Waals surface area contributed by atoms with Crippen molar-refractivity contribution in [3.05, 3.63) is 35.9 Å². The van der Waals surface area contributed by atoms with E-state index in [1.807, 2.05) is 44.3 Å². The van der Waals surface area contributed by atoms with Crippen LogP contribution in [0.4, 0.5) is 11.6 Å². The molecule has 0 saturated carbocycles. The number of benzene rings is 1. The van der Waals surface area contributed by atoms with Crippen molar-refractivity contribution in [3.63, 3.8) is 0 Å². The van der Waals surface area contributed by atoms with E-state index < -0.39 is 0 Å². The van der Waals surface area contributed by atoms with Crippen LogP contribution in [0.15, 0.2) is 34.7 Å². The van der Waals surface area contributed by atoms with E-state index in [-0.39, 0.29) is 0 Å². The van der Waals surface area contributed by atoms with Crippen LogP contribution in [0, 0.1) is 6.92 Å². The third kappa shape index (κ3) is 1.81. The van der Waals surface area contributed by atoms with Gasteiger partial charge in [-0.3, -0.25) is 0 Å². The van der Waals surface area contributed by atoms with E-state index in [9.17, 15) is 0 Å². The summed E-state index contributed by atoms with van der Waals surface area (Å²) in [6, 6.07) is 9.65. The van der Waals surface area contributed by atoms with Crippen molar-refractivity contribution in [1.29, 1.82) is 0 Å². The van der Waals surface area contributed by atoms with Gasteiger partial charge in [-0.25, -0.2) is 0 Å². The minimum atomic E-state index is 0.760. The minimum Gasteiger partial charge on any atom is -0.441 e. The molecule has 15 heavy (non-hydrogen) atoms. The average Bonchev–Trinajstić information content (AvgIpc) is 2.61. The highest BCUT2D eigenvalue weighted by molar-refractivity contribution is 5.64. The predicted octanol–water partition coefficient (Wildman–Crippen LogP) is 2.88. The number of anilines is 2. The zero-order chi connectivity index (χ0) is 10.8. The monoisotopic (exact) mass is 202 g/mol. The Hall–Kier alpha value is -1.90. The molecular weight excluding hydrogens is 188 g/mol. The van der Waals surface area contributed by atoms with Crippen LogP contribution in [0.1, 0.15) is 5.56 Å². The quantitative estimate of drug-likeness (QED) is 0.736. The lowest BCUT2D eigenvalue weighted by molar-refractivity contribution is 0.596. The van der Waals surface area contributed by atoms with Crippen LogP contribution in [0.2, 0.25) is 0 Å². The molecule has 0 saturated heterocycles. The van der Waals surface area contributed by atoms with E-state index in [2.05, 4.69) is 5.32 Å². The molecule has 0 atom stereocenters. The van der Waals surface area contributed by atoms with Crippen molar-refractivity contribution >= 4 is 11.6 Å². The molecule has 2 rings (SSSR count). The van der Waals surface area contributed by atoms with E-state index in [1.165, 1.54) is 0 Å². The molecule has 3 heteroatoms. The standard InChI is InChI=1S/C12H14N2O/c1-8-7-11(15-12(8)14-2)9-3-5-10(13)6-4-9/h3-7,14H,13H2,1-2H3. The van der Waals surface area contributed by atoms with Crippen LogP contribution in [-0.2, 0) is 0 Å². The van der Waals surface area contributed by atoms with Gasteiger partial charge in [-0.1, -0.05) is 0 Å². The molecule has 3 nitrogen and oxygen atoms in total. The summed E-state index contributed by atoms with van der Waals surface area (Å²) in [5.41, 5.74) is 8.52. The van der Waals surface area contributed by atoms with Crippen LogP contribution < -0.4 is 11.1 Å². The molecule has 0 aliphatic rings. The lowest BCUT2D eigenvalue weighted by atomic mass is 10.1. The first-order valence-electron chi connectivity index (χ1n) is 4.85. The highest BCUT2D eigenvalue weighted by Crippen LogP contribution is 2.28. The van der Waals surface area contributed by atoms with Gasteiger partial charge in [0.25, 0.3) is 0 Å². The number of rotatable bonds is 2. The first-order chi connectivity index (χ1) is 7.20. The fraction of sp³-hybridized carbons (Fsp3) is 0.167. The lowest BCUT2D eigenvalue weighted by Gasteiger charge is -1.97. The highest BCUT2D eigenvalue weighted by atomic mass is 16.4. The zero-order valence-electron chi connectivity index (χ0n) is 8.87. The Morgan fingerprint density at radius 1 is 1.20 bits per heavy atom. The first-order valence-corrected chi connectivity index (χ1v) is 4.85. The Morgan fingerprint density at radius 3 is 2.40 bits per heavy atom. The first kappa shape index (κ1) is 9.65. The second-order valence-electron chi connectivity index (χ2n) is 3.49. The van der Waals surface area contributed by atoms with E-state index in [1.54, 1.807) is 0 Å². The van der Waals surface area contributed by atoms with Gasteiger partial charge < -0.3 is 15.5 Å². The maximum Gasteiger partial charge on any atom is 0.196 e. The molecule has 0 unspecified atom stereocenters. The molecule has 0 fully saturated rings. The third-order valence-electron chi connectivity index (χ3n) is 2.34. The number of aryl methyl sites for hydroxylation is 1. The van der Waals surface area contributed by atoms with E-state index in [0.29, 0.717) is 0 Å². The number of nitrogens with one attached hydrogen (secondary N) is 1. The third-order valence-corrected chi connectivity index (χ3v) is 2.34. The minimum absolute atomic E-state index is 0.760. The van der Waals surface area contributed by atoms with Crippen LogP contribution >= 0.6 is 0 Å². The summed E-state index contributed by atoms with van der Waals surface area (Å²) in [6.07, 6.45) is 0. The number of nitrogens with two attached hydrogens (primary N) is 1. The SMILES string of the molecule is CNc1oc(-c2ccc(N)cc2)cc1C. The van der Waals surface area contributed by atoms with Crippen LogP contribution in [0.5, 0.6) is 0 Å². The van der Waals surface area contributed by atoms with Gasteiger partial charge in [0.15, 0.2) is 5.88 Å². The fourth-order valence-corrected chi connectivity index (χ4v) is 1.52. The molecule has 1 aromatic heterocycles. The normalized spacial score (nSPS) is 10.3. The Kier molecular flexibility index (Phi) is 2.37. The summed E-state index contributed by atoms with van der Waals surface area (Å²) >= 11 is 0. The van der Waals surface area contributed by atoms with Gasteiger partial charge in [-0.15, -0.1) is 0 Å². The smallest absolute Gasteiger partial charge is 0.196 e. The second kappa shape index (κ2) is 3.69. The van der Waals surface area contributed by atoms with Gasteiger partial charge in [-0.2, -0.15) is 0 Å². The molecule has 0 bridgehead atoms. The van der Waals surface area contributed by atoms with Crippen molar-refractivity contribution in [1.82, 2.24) is 0 Å². The van der Waals surface area contributed by atoms with E-state index in [4.69, 9.17) is 10.2 Å². The largest absolute Gasteiger partial charge is 0.441 e. The van der Waals surface area contributed by atoms with Crippen molar-refractivity contribution in [3.8, 4) is 11.3 Å². The van der Waals surface area contributed by atoms with Gasteiger partial charge in [-0.05, 0) is 37.3 Å². The van der Waals surface area contributed by atoms with Crippen molar-refractivity contribution in [2.24, 2.45) is 0 Å². The predicted molar refractivity (Wildman–Crippen MR) is 62.8 cm³/mol. The molecule has 0 aliphatic heterocycles. The summed E-state index contributed by atoms with van der Waals surface area (Å²) in [5.74, 6) is 1.67. The lowest BCUT2D eigenvalue weighted by Crippen LogP contribution is -1.85. The summed E-state index contributed by atoms with van der Waals surface area (Å²) in [7, 11) is 1.85. The zero-order valence-corrected chi connectivity index (χ0v) is 8.87. The summed E-state index contributed by atoms with van der Waals surface area (Å²) in [6.45, 7) is 2.01. The van der Waals surface area contributed by atoms with Crippen molar-refractivity contribution in [2.45, 2.75) is 6.92 Å². The van der Waals surface area contributed by atoms with Crippen LogP contribution in [0.3, 0.4) is 0 Å². The second-order valence-corrected chi connectivity index (χ2v) is 3.49. The molecule has 3 N–H and O–H groups in total. The van der Waals surface area contributed by atoms with Gasteiger partial charge in [0.05, 0.1) is 0 Å². The maximum atomic E-state index is 5.64. The molecule has 1 aromatic carbocycles. The molecule has 0 amide bonds. The molecular formula is C12H14N2O.